The van der Waals surface area contributed by atoms with Crippen molar-refractivity contribution in [2.75, 3.05) is 0 Å². The topological polar surface area (TPSA) is 55.4 Å². The molecular weight excluding hydrogens is 218 g/mol. The predicted octanol–water partition coefficient (Wildman–Crippen LogP) is 2.90. The van der Waals surface area contributed by atoms with E-state index in [2.05, 4.69) is 5.32 Å². The van der Waals surface area contributed by atoms with Gasteiger partial charge in [-0.05, 0) is 33.6 Å². The van der Waals surface area contributed by atoms with Crippen LogP contribution in [0.15, 0.2) is 0 Å². The second kappa shape index (κ2) is 7.30. The molecule has 0 rings (SSSR count). The number of carbonyl (C=O) groups is 2. The van der Waals surface area contributed by atoms with E-state index in [0.717, 1.165) is 25.5 Å². The van der Waals surface area contributed by atoms with Crippen LogP contribution in [0.4, 0.5) is 4.79 Å². The summed E-state index contributed by atoms with van der Waals surface area (Å²) in [4.78, 5) is 22.6. The van der Waals surface area contributed by atoms with Gasteiger partial charge in [-0.25, -0.2) is 4.79 Å². The fraction of sp³-hybridized carbons (Fsp3) is 0.846. The van der Waals surface area contributed by atoms with E-state index in [-0.39, 0.29) is 12.0 Å². The van der Waals surface area contributed by atoms with Crippen molar-refractivity contribution in [3.8, 4) is 0 Å². The lowest BCUT2D eigenvalue weighted by Gasteiger charge is -2.25. The Hall–Kier alpha value is -1.06. The Morgan fingerprint density at radius 2 is 1.94 bits per heavy atom. The molecule has 4 nitrogen and oxygen atoms in total. The van der Waals surface area contributed by atoms with Gasteiger partial charge < -0.3 is 14.8 Å². The predicted molar refractivity (Wildman–Crippen MR) is 67.9 cm³/mol. The molecule has 0 bridgehead atoms. The van der Waals surface area contributed by atoms with Gasteiger partial charge in [0.15, 0.2) is 0 Å². The molecule has 0 saturated carbocycles. The van der Waals surface area contributed by atoms with Crippen molar-refractivity contribution < 1.29 is 14.3 Å². The van der Waals surface area contributed by atoms with E-state index in [1.54, 1.807) is 0 Å². The number of hydrogen-bond acceptors (Lipinski definition) is 3. The molecule has 0 aliphatic rings. The van der Waals surface area contributed by atoms with E-state index in [9.17, 15) is 9.59 Å². The number of aldehydes is 1. The molecule has 0 aliphatic carbocycles. The van der Waals surface area contributed by atoms with Gasteiger partial charge >= 0.3 is 6.09 Å². The van der Waals surface area contributed by atoms with Crippen LogP contribution in [0.1, 0.15) is 53.9 Å². The average molecular weight is 243 g/mol. The highest BCUT2D eigenvalue weighted by atomic mass is 16.6. The Kier molecular flexibility index (Phi) is 6.85. The first-order valence-corrected chi connectivity index (χ1v) is 6.28. The minimum atomic E-state index is -0.510. The van der Waals surface area contributed by atoms with Gasteiger partial charge in [-0.15, -0.1) is 0 Å². The maximum atomic E-state index is 11.6. The van der Waals surface area contributed by atoms with Crippen LogP contribution >= 0.6 is 0 Å². The smallest absolute Gasteiger partial charge is 0.407 e. The normalized spacial score (nSPS) is 14.9. The number of hydrogen-bond donors (Lipinski definition) is 1. The zero-order valence-electron chi connectivity index (χ0n) is 11.6. The molecular formula is C13H25NO3. The minimum Gasteiger partial charge on any atom is -0.444 e. The van der Waals surface area contributed by atoms with E-state index in [1.165, 1.54) is 0 Å². The number of nitrogens with one attached hydrogen (secondary N) is 1. The SMILES string of the molecule is CCCC(C=O)C(CC)NC(=O)OC(C)(C)C. The summed E-state index contributed by atoms with van der Waals surface area (Å²) in [6.07, 6.45) is 2.91. The molecule has 1 N–H and O–H groups in total. The van der Waals surface area contributed by atoms with Crippen molar-refractivity contribution >= 4 is 12.4 Å². The van der Waals surface area contributed by atoms with Gasteiger partial charge in [0.05, 0.1) is 0 Å². The molecule has 17 heavy (non-hydrogen) atoms. The van der Waals surface area contributed by atoms with Gasteiger partial charge in [0.25, 0.3) is 0 Å². The fourth-order valence-corrected chi connectivity index (χ4v) is 1.67. The first-order valence-electron chi connectivity index (χ1n) is 6.28. The molecule has 0 aromatic rings. The second-order valence-electron chi connectivity index (χ2n) is 5.25. The maximum Gasteiger partial charge on any atom is 0.407 e. The van der Waals surface area contributed by atoms with Crippen LogP contribution in [0.3, 0.4) is 0 Å². The lowest BCUT2D eigenvalue weighted by Crippen LogP contribution is -2.43. The summed E-state index contributed by atoms with van der Waals surface area (Å²) in [7, 11) is 0. The van der Waals surface area contributed by atoms with E-state index in [1.807, 2.05) is 34.6 Å². The van der Waals surface area contributed by atoms with E-state index < -0.39 is 11.7 Å². The van der Waals surface area contributed by atoms with Crippen LogP contribution in [0.25, 0.3) is 0 Å². The number of ether oxygens (including phenoxy) is 1. The molecule has 0 spiro atoms. The Bertz CT molecular complexity index is 246. The summed E-state index contributed by atoms with van der Waals surface area (Å²) < 4.78 is 5.18. The lowest BCUT2D eigenvalue weighted by atomic mass is 9.94. The summed E-state index contributed by atoms with van der Waals surface area (Å²) in [5.41, 5.74) is -0.510. The zero-order chi connectivity index (χ0) is 13.5. The molecule has 0 heterocycles. The minimum absolute atomic E-state index is 0.127. The molecule has 2 unspecified atom stereocenters. The van der Waals surface area contributed by atoms with Gasteiger partial charge in [0.1, 0.15) is 11.9 Å². The molecule has 0 fully saturated rings. The Morgan fingerprint density at radius 3 is 2.29 bits per heavy atom. The van der Waals surface area contributed by atoms with Gasteiger partial charge in [0, 0.05) is 12.0 Å². The molecule has 0 saturated heterocycles. The molecule has 0 aliphatic heterocycles. The van der Waals surface area contributed by atoms with E-state index in [4.69, 9.17) is 4.74 Å². The number of rotatable bonds is 6. The monoisotopic (exact) mass is 243 g/mol. The standard InChI is InChI=1S/C13H25NO3/c1-6-8-10(9-15)11(7-2)14-12(16)17-13(3,4)5/h9-11H,6-8H2,1-5H3,(H,14,16). The number of amides is 1. The summed E-state index contributed by atoms with van der Waals surface area (Å²) in [6, 6.07) is -0.137. The third-order valence-corrected chi connectivity index (χ3v) is 2.46. The first kappa shape index (κ1) is 15.9. The molecule has 1 amide bonds. The van der Waals surface area contributed by atoms with E-state index in [0.29, 0.717) is 0 Å². The Labute approximate surface area is 104 Å². The van der Waals surface area contributed by atoms with Crippen molar-refractivity contribution in [3.05, 3.63) is 0 Å². The van der Waals surface area contributed by atoms with Crippen molar-refractivity contribution in [1.82, 2.24) is 5.32 Å². The van der Waals surface area contributed by atoms with Crippen LogP contribution in [0.5, 0.6) is 0 Å². The molecule has 100 valence electrons. The van der Waals surface area contributed by atoms with Crippen LogP contribution in [0, 0.1) is 5.92 Å². The highest BCUT2D eigenvalue weighted by Crippen LogP contribution is 2.13. The van der Waals surface area contributed by atoms with Crippen LogP contribution < -0.4 is 5.32 Å². The third kappa shape index (κ3) is 6.97. The number of carbonyl (C=O) groups excluding carboxylic acids is 2. The quantitative estimate of drug-likeness (QED) is 0.730. The van der Waals surface area contributed by atoms with Crippen LogP contribution in [0.2, 0.25) is 0 Å². The second-order valence-corrected chi connectivity index (χ2v) is 5.25. The molecule has 4 heteroatoms. The van der Waals surface area contributed by atoms with Gasteiger partial charge in [0.2, 0.25) is 0 Å². The third-order valence-electron chi connectivity index (χ3n) is 2.46. The summed E-state index contributed by atoms with van der Waals surface area (Å²) in [6.45, 7) is 9.43. The highest BCUT2D eigenvalue weighted by molar-refractivity contribution is 5.69. The maximum absolute atomic E-state index is 11.6. The largest absolute Gasteiger partial charge is 0.444 e. The summed E-state index contributed by atoms with van der Waals surface area (Å²) >= 11 is 0. The van der Waals surface area contributed by atoms with Gasteiger partial charge in [-0.3, -0.25) is 0 Å². The highest BCUT2D eigenvalue weighted by Gasteiger charge is 2.23. The molecule has 0 aromatic heterocycles. The van der Waals surface area contributed by atoms with E-state index >= 15 is 0 Å². The van der Waals surface area contributed by atoms with Crippen molar-refractivity contribution in [2.45, 2.75) is 65.5 Å². The average Bonchev–Trinajstić information content (AvgIpc) is 2.20. The lowest BCUT2D eigenvalue weighted by molar-refractivity contribution is -0.112. The zero-order valence-corrected chi connectivity index (χ0v) is 11.6. The first-order chi connectivity index (χ1) is 7.84. The van der Waals surface area contributed by atoms with Gasteiger partial charge in [-0.1, -0.05) is 20.3 Å². The summed E-state index contributed by atoms with van der Waals surface area (Å²) in [5, 5.41) is 2.77. The fourth-order valence-electron chi connectivity index (χ4n) is 1.67. The Balaban J connectivity index is 4.38. The van der Waals surface area contributed by atoms with Crippen molar-refractivity contribution in [3.63, 3.8) is 0 Å². The van der Waals surface area contributed by atoms with Crippen LogP contribution in [-0.2, 0) is 9.53 Å². The van der Waals surface area contributed by atoms with Gasteiger partial charge in [-0.2, -0.15) is 0 Å². The molecule has 0 aromatic carbocycles. The molecule has 0 radical (unpaired) electrons. The number of alkyl carbamates (subject to hydrolysis) is 1. The van der Waals surface area contributed by atoms with Crippen molar-refractivity contribution in [1.29, 1.82) is 0 Å². The van der Waals surface area contributed by atoms with Crippen molar-refractivity contribution in [2.24, 2.45) is 5.92 Å². The summed E-state index contributed by atoms with van der Waals surface area (Å²) in [5.74, 6) is -0.127. The Morgan fingerprint density at radius 1 is 1.35 bits per heavy atom. The van der Waals surface area contributed by atoms with Crippen LogP contribution in [-0.4, -0.2) is 24.0 Å². The molecule has 2 atom stereocenters.